The zero-order valence-corrected chi connectivity index (χ0v) is 15.4. The molecule has 0 saturated heterocycles. The summed E-state index contributed by atoms with van der Waals surface area (Å²) in [5.74, 6) is -0.235. The van der Waals surface area contributed by atoms with Crippen molar-refractivity contribution in [2.24, 2.45) is 0 Å². The highest BCUT2D eigenvalue weighted by atomic mass is 32.1. The van der Waals surface area contributed by atoms with Crippen LogP contribution in [0.2, 0.25) is 0 Å². The molecule has 0 bridgehead atoms. The lowest BCUT2D eigenvalue weighted by Gasteiger charge is -2.19. The van der Waals surface area contributed by atoms with Gasteiger partial charge in [0.2, 0.25) is 5.91 Å². The number of anilines is 1. The summed E-state index contributed by atoms with van der Waals surface area (Å²) in [5, 5.41) is 7.66. The molecular formula is C19H23F3N2OS. The SMILES string of the molecule is CCCCCCNC(=O)C(Nc1cccc(C(F)(F)F)c1)c1cccs1. The summed E-state index contributed by atoms with van der Waals surface area (Å²) in [7, 11) is 0. The fourth-order valence-corrected chi connectivity index (χ4v) is 3.31. The van der Waals surface area contributed by atoms with E-state index in [1.807, 2.05) is 11.4 Å². The van der Waals surface area contributed by atoms with Crippen molar-refractivity contribution >= 4 is 22.9 Å². The van der Waals surface area contributed by atoms with E-state index in [4.69, 9.17) is 0 Å². The number of unbranched alkanes of at least 4 members (excludes halogenated alkanes) is 3. The van der Waals surface area contributed by atoms with Gasteiger partial charge in [-0.25, -0.2) is 0 Å². The number of benzene rings is 1. The Balaban J connectivity index is 2.08. The van der Waals surface area contributed by atoms with Crippen molar-refractivity contribution in [3.63, 3.8) is 0 Å². The second kappa shape index (κ2) is 9.62. The van der Waals surface area contributed by atoms with E-state index in [1.165, 1.54) is 23.5 Å². The largest absolute Gasteiger partial charge is 0.416 e. The van der Waals surface area contributed by atoms with Crippen molar-refractivity contribution in [2.45, 2.75) is 44.8 Å². The van der Waals surface area contributed by atoms with Gasteiger partial charge in [0, 0.05) is 17.1 Å². The summed E-state index contributed by atoms with van der Waals surface area (Å²) >= 11 is 1.39. The van der Waals surface area contributed by atoms with E-state index < -0.39 is 17.8 Å². The number of amides is 1. The van der Waals surface area contributed by atoms with Gasteiger partial charge in [-0.05, 0) is 36.1 Å². The molecule has 7 heteroatoms. The summed E-state index contributed by atoms with van der Waals surface area (Å²) < 4.78 is 38.7. The van der Waals surface area contributed by atoms with Crippen molar-refractivity contribution in [3.8, 4) is 0 Å². The summed E-state index contributed by atoms with van der Waals surface area (Å²) in [5.41, 5.74) is -0.480. The molecule has 142 valence electrons. The molecule has 2 N–H and O–H groups in total. The fourth-order valence-electron chi connectivity index (χ4n) is 2.54. The van der Waals surface area contributed by atoms with Crippen molar-refractivity contribution in [1.82, 2.24) is 5.32 Å². The van der Waals surface area contributed by atoms with Crippen LogP contribution < -0.4 is 10.6 Å². The summed E-state index contributed by atoms with van der Waals surface area (Å²) in [4.78, 5) is 13.3. The van der Waals surface area contributed by atoms with Gasteiger partial charge < -0.3 is 10.6 Å². The Bertz CT molecular complexity index is 686. The van der Waals surface area contributed by atoms with Gasteiger partial charge in [0.1, 0.15) is 6.04 Å². The third kappa shape index (κ3) is 6.05. The number of alkyl halides is 3. The summed E-state index contributed by atoms with van der Waals surface area (Å²) in [6, 6.07) is 7.80. The van der Waals surface area contributed by atoms with Crippen LogP contribution in [0.1, 0.15) is 49.1 Å². The Labute approximate surface area is 155 Å². The predicted octanol–water partition coefficient (Wildman–Crippen LogP) is 5.62. The number of halogens is 3. The third-order valence-corrected chi connectivity index (χ3v) is 4.86. The first-order valence-electron chi connectivity index (χ1n) is 8.66. The average Bonchev–Trinajstić information content (AvgIpc) is 3.13. The zero-order valence-electron chi connectivity index (χ0n) is 14.6. The van der Waals surface area contributed by atoms with Crippen molar-refractivity contribution < 1.29 is 18.0 Å². The highest BCUT2D eigenvalue weighted by Crippen LogP contribution is 2.32. The second-order valence-corrected chi connectivity index (χ2v) is 7.00. The normalized spacial score (nSPS) is 12.6. The van der Waals surface area contributed by atoms with Crippen LogP contribution >= 0.6 is 11.3 Å². The fraction of sp³-hybridized carbons (Fsp3) is 0.421. The number of hydrogen-bond acceptors (Lipinski definition) is 3. The monoisotopic (exact) mass is 384 g/mol. The van der Waals surface area contributed by atoms with E-state index in [0.29, 0.717) is 6.54 Å². The number of thiophene rings is 1. The number of nitrogens with one attached hydrogen (secondary N) is 2. The molecule has 1 atom stereocenters. The highest BCUT2D eigenvalue weighted by molar-refractivity contribution is 7.10. The molecule has 0 saturated carbocycles. The molecular weight excluding hydrogens is 361 g/mol. The molecule has 0 aliphatic heterocycles. The average molecular weight is 384 g/mol. The van der Waals surface area contributed by atoms with Crippen LogP contribution in [0.3, 0.4) is 0 Å². The molecule has 1 unspecified atom stereocenters. The molecule has 0 fully saturated rings. The van der Waals surface area contributed by atoms with Crippen LogP contribution in [0.4, 0.5) is 18.9 Å². The van der Waals surface area contributed by atoms with Crippen molar-refractivity contribution in [2.75, 3.05) is 11.9 Å². The van der Waals surface area contributed by atoms with Gasteiger partial charge in [0.15, 0.2) is 0 Å². The molecule has 26 heavy (non-hydrogen) atoms. The van der Waals surface area contributed by atoms with Crippen molar-refractivity contribution in [3.05, 3.63) is 52.2 Å². The predicted molar refractivity (Wildman–Crippen MR) is 99.3 cm³/mol. The highest BCUT2D eigenvalue weighted by Gasteiger charge is 2.31. The number of rotatable bonds is 9. The third-order valence-electron chi connectivity index (χ3n) is 3.92. The molecule has 1 aromatic carbocycles. The minimum atomic E-state index is -4.42. The van der Waals surface area contributed by atoms with Gasteiger partial charge >= 0.3 is 6.18 Å². The second-order valence-electron chi connectivity index (χ2n) is 6.02. The Hall–Kier alpha value is -2.02. The first kappa shape index (κ1) is 20.3. The van der Waals surface area contributed by atoms with E-state index in [0.717, 1.165) is 42.7 Å². The molecule has 2 aromatic rings. The minimum absolute atomic E-state index is 0.235. The smallest absolute Gasteiger partial charge is 0.369 e. The maximum Gasteiger partial charge on any atom is 0.416 e. The van der Waals surface area contributed by atoms with Gasteiger partial charge in [-0.2, -0.15) is 13.2 Å². The molecule has 1 heterocycles. The molecule has 0 spiro atoms. The molecule has 1 aromatic heterocycles. The van der Waals surface area contributed by atoms with E-state index in [2.05, 4.69) is 17.6 Å². The first-order chi connectivity index (χ1) is 12.4. The first-order valence-corrected chi connectivity index (χ1v) is 9.54. The molecule has 0 aliphatic carbocycles. The lowest BCUT2D eigenvalue weighted by atomic mass is 10.1. The van der Waals surface area contributed by atoms with Crippen LogP contribution in [0.15, 0.2) is 41.8 Å². The molecule has 0 radical (unpaired) electrons. The maximum absolute atomic E-state index is 12.9. The van der Waals surface area contributed by atoms with Gasteiger partial charge in [-0.15, -0.1) is 11.3 Å². The summed E-state index contributed by atoms with van der Waals surface area (Å²) in [6.45, 7) is 2.68. The van der Waals surface area contributed by atoms with Gasteiger partial charge in [-0.1, -0.05) is 38.3 Å². The zero-order chi connectivity index (χ0) is 19.0. The molecule has 3 nitrogen and oxygen atoms in total. The van der Waals surface area contributed by atoms with Crippen LogP contribution in [0.25, 0.3) is 0 Å². The molecule has 2 rings (SSSR count). The Morgan fingerprint density at radius 1 is 1.15 bits per heavy atom. The van der Waals surface area contributed by atoms with E-state index >= 15 is 0 Å². The lowest BCUT2D eigenvalue weighted by Crippen LogP contribution is -2.33. The van der Waals surface area contributed by atoms with Gasteiger partial charge in [0.25, 0.3) is 0 Å². The van der Waals surface area contributed by atoms with Crippen molar-refractivity contribution in [1.29, 1.82) is 0 Å². The Morgan fingerprint density at radius 3 is 2.62 bits per heavy atom. The van der Waals surface area contributed by atoms with Crippen LogP contribution in [-0.4, -0.2) is 12.5 Å². The van der Waals surface area contributed by atoms with Crippen LogP contribution in [0.5, 0.6) is 0 Å². The quantitative estimate of drug-likeness (QED) is 0.551. The molecule has 1 amide bonds. The van der Waals surface area contributed by atoms with E-state index in [-0.39, 0.29) is 11.6 Å². The standard InChI is InChI=1S/C19H23F3N2OS/c1-2-3-4-5-11-23-18(25)17(16-10-7-12-26-16)24-15-9-6-8-14(13-15)19(20,21)22/h6-10,12-13,17,24H,2-5,11H2,1H3,(H,23,25). The summed E-state index contributed by atoms with van der Waals surface area (Å²) in [6.07, 6.45) is -0.255. The maximum atomic E-state index is 12.9. The molecule has 0 aliphatic rings. The van der Waals surface area contributed by atoms with Crippen LogP contribution in [-0.2, 0) is 11.0 Å². The lowest BCUT2D eigenvalue weighted by molar-refractivity contribution is -0.137. The Kier molecular flexibility index (Phi) is 7.50. The van der Waals surface area contributed by atoms with Gasteiger partial charge in [0.05, 0.1) is 5.56 Å². The topological polar surface area (TPSA) is 41.1 Å². The van der Waals surface area contributed by atoms with Crippen LogP contribution in [0, 0.1) is 0 Å². The minimum Gasteiger partial charge on any atom is -0.369 e. The number of hydrogen-bond donors (Lipinski definition) is 2. The number of carbonyl (C=O) groups excluding carboxylic acids is 1. The van der Waals surface area contributed by atoms with E-state index in [1.54, 1.807) is 6.07 Å². The Morgan fingerprint density at radius 2 is 1.96 bits per heavy atom. The van der Waals surface area contributed by atoms with E-state index in [9.17, 15) is 18.0 Å². The van der Waals surface area contributed by atoms with Gasteiger partial charge in [-0.3, -0.25) is 4.79 Å². The number of carbonyl (C=O) groups is 1.